The van der Waals surface area contributed by atoms with Gasteiger partial charge in [-0.05, 0) is 49.4 Å². The fourth-order valence-corrected chi connectivity index (χ4v) is 2.53. The number of aromatic nitrogens is 2. The predicted molar refractivity (Wildman–Crippen MR) is 93.4 cm³/mol. The van der Waals surface area contributed by atoms with Crippen molar-refractivity contribution in [3.63, 3.8) is 0 Å². The summed E-state index contributed by atoms with van der Waals surface area (Å²) in [7, 11) is 1.83. The number of ketones is 1. The number of alkyl halides is 3. The molecule has 0 aliphatic heterocycles. The van der Waals surface area contributed by atoms with Crippen molar-refractivity contribution in [2.45, 2.75) is 13.1 Å². The van der Waals surface area contributed by atoms with Gasteiger partial charge in [0.25, 0.3) is 0 Å². The topological polar surface area (TPSA) is 46.9 Å². The summed E-state index contributed by atoms with van der Waals surface area (Å²) < 4.78 is 39.8. The summed E-state index contributed by atoms with van der Waals surface area (Å²) in [6.45, 7) is 1.47. The van der Waals surface area contributed by atoms with Gasteiger partial charge in [0.2, 0.25) is 0 Å². The molecule has 1 aromatic heterocycles. The molecule has 3 rings (SSSR count). The fraction of sp³-hybridized carbons (Fsp3) is 0.158. The van der Waals surface area contributed by atoms with Crippen LogP contribution in [0.4, 0.5) is 24.5 Å². The Morgan fingerprint density at radius 2 is 1.81 bits per heavy atom. The molecule has 26 heavy (non-hydrogen) atoms. The Hall–Kier alpha value is -3.09. The van der Waals surface area contributed by atoms with Gasteiger partial charge in [-0.15, -0.1) is 0 Å². The molecule has 0 aliphatic rings. The molecule has 0 bridgehead atoms. The average molecular weight is 359 g/mol. The number of nitrogens with one attached hydrogen (secondary N) is 1. The van der Waals surface area contributed by atoms with Crippen molar-refractivity contribution in [3.8, 4) is 11.3 Å². The fourth-order valence-electron chi connectivity index (χ4n) is 2.53. The second kappa shape index (κ2) is 6.67. The van der Waals surface area contributed by atoms with Crippen molar-refractivity contribution in [1.82, 2.24) is 9.55 Å². The molecule has 0 saturated heterocycles. The van der Waals surface area contributed by atoms with Crippen LogP contribution in [-0.2, 0) is 13.2 Å². The van der Waals surface area contributed by atoms with Crippen molar-refractivity contribution in [2.75, 3.05) is 5.32 Å². The first-order valence-electron chi connectivity index (χ1n) is 7.81. The van der Waals surface area contributed by atoms with E-state index in [0.717, 1.165) is 12.1 Å². The monoisotopic (exact) mass is 359 g/mol. The van der Waals surface area contributed by atoms with Crippen molar-refractivity contribution in [2.24, 2.45) is 7.05 Å². The molecule has 2 aromatic carbocycles. The van der Waals surface area contributed by atoms with Gasteiger partial charge in [-0.1, -0.05) is 0 Å². The molecular formula is C19H16F3N3O. The van der Waals surface area contributed by atoms with Gasteiger partial charge < -0.3 is 9.88 Å². The van der Waals surface area contributed by atoms with E-state index in [1.807, 2.05) is 7.05 Å². The van der Waals surface area contributed by atoms with Gasteiger partial charge in [-0.2, -0.15) is 13.2 Å². The van der Waals surface area contributed by atoms with Crippen LogP contribution in [0.15, 0.2) is 55.0 Å². The molecular weight excluding hydrogens is 343 g/mol. The van der Waals surface area contributed by atoms with Crippen molar-refractivity contribution >= 4 is 17.2 Å². The number of carbonyl (C=O) groups excluding carboxylic acids is 1. The summed E-state index contributed by atoms with van der Waals surface area (Å²) in [4.78, 5) is 16.0. The third kappa shape index (κ3) is 3.77. The van der Waals surface area contributed by atoms with E-state index in [4.69, 9.17) is 0 Å². The van der Waals surface area contributed by atoms with Gasteiger partial charge in [0.1, 0.15) is 0 Å². The minimum absolute atomic E-state index is 0.0803. The highest BCUT2D eigenvalue weighted by atomic mass is 19.4. The smallest absolute Gasteiger partial charge is 0.355 e. The van der Waals surface area contributed by atoms with E-state index in [-0.39, 0.29) is 5.78 Å². The summed E-state index contributed by atoms with van der Waals surface area (Å²) in [5, 5.41) is 3.10. The number of nitrogens with zero attached hydrogens (tertiary/aromatic N) is 2. The van der Waals surface area contributed by atoms with E-state index in [0.29, 0.717) is 28.2 Å². The largest absolute Gasteiger partial charge is 0.416 e. The Morgan fingerprint density at radius 1 is 1.12 bits per heavy atom. The van der Waals surface area contributed by atoms with Crippen molar-refractivity contribution < 1.29 is 18.0 Å². The zero-order chi connectivity index (χ0) is 18.9. The minimum atomic E-state index is -4.37. The molecule has 0 amide bonds. The van der Waals surface area contributed by atoms with Crippen LogP contribution in [-0.4, -0.2) is 15.3 Å². The number of aryl methyl sites for hydroxylation is 1. The number of hydrogen-bond donors (Lipinski definition) is 1. The molecule has 1 heterocycles. The number of Topliss-reactive ketones (excluding diaryl/α,β-unsaturated/α-hetero) is 1. The van der Waals surface area contributed by atoms with Gasteiger partial charge in [0, 0.05) is 35.7 Å². The van der Waals surface area contributed by atoms with Crippen LogP contribution in [0, 0.1) is 0 Å². The van der Waals surface area contributed by atoms with Crippen LogP contribution < -0.4 is 5.32 Å². The maximum atomic E-state index is 12.7. The first-order chi connectivity index (χ1) is 12.2. The van der Waals surface area contributed by atoms with E-state index < -0.39 is 11.7 Å². The average Bonchev–Trinajstić information content (AvgIpc) is 3.01. The zero-order valence-corrected chi connectivity index (χ0v) is 14.1. The molecule has 0 atom stereocenters. The lowest BCUT2D eigenvalue weighted by Crippen LogP contribution is -2.04. The van der Waals surface area contributed by atoms with Crippen molar-refractivity contribution in [3.05, 3.63) is 66.1 Å². The Kier molecular flexibility index (Phi) is 4.54. The van der Waals surface area contributed by atoms with Gasteiger partial charge in [-0.25, -0.2) is 4.98 Å². The first-order valence-corrected chi connectivity index (χ1v) is 7.81. The molecule has 0 spiro atoms. The molecule has 0 radical (unpaired) electrons. The third-order valence-electron chi connectivity index (χ3n) is 3.90. The van der Waals surface area contributed by atoms with Crippen LogP contribution >= 0.6 is 0 Å². The summed E-state index contributed by atoms with van der Waals surface area (Å²) >= 11 is 0. The molecule has 1 N–H and O–H groups in total. The number of benzene rings is 2. The normalized spacial score (nSPS) is 11.4. The summed E-state index contributed by atoms with van der Waals surface area (Å²) in [5.74, 6) is -0.0803. The molecule has 0 fully saturated rings. The number of rotatable bonds is 4. The lowest BCUT2D eigenvalue weighted by atomic mass is 10.0. The lowest BCUT2D eigenvalue weighted by molar-refractivity contribution is -0.137. The summed E-state index contributed by atoms with van der Waals surface area (Å²) in [6.07, 6.45) is -0.935. The van der Waals surface area contributed by atoms with E-state index >= 15 is 0 Å². The quantitative estimate of drug-likeness (QED) is 0.663. The SMILES string of the molecule is CC(=O)c1ccc(Nc2ccc(C(F)(F)F)cc2)c(-c2cn(C)cn2)c1. The van der Waals surface area contributed by atoms with E-state index in [1.165, 1.54) is 19.1 Å². The second-order valence-corrected chi connectivity index (χ2v) is 5.94. The van der Waals surface area contributed by atoms with Gasteiger partial charge in [-0.3, -0.25) is 4.79 Å². The maximum absolute atomic E-state index is 12.7. The third-order valence-corrected chi connectivity index (χ3v) is 3.90. The number of carbonyl (C=O) groups is 1. The molecule has 0 saturated carbocycles. The Balaban J connectivity index is 1.98. The van der Waals surface area contributed by atoms with Gasteiger partial charge >= 0.3 is 6.18 Å². The van der Waals surface area contributed by atoms with E-state index in [2.05, 4.69) is 10.3 Å². The first kappa shape index (κ1) is 17.7. The number of hydrogen-bond acceptors (Lipinski definition) is 3. The van der Waals surface area contributed by atoms with Crippen LogP contribution in [0.2, 0.25) is 0 Å². The highest BCUT2D eigenvalue weighted by Crippen LogP contribution is 2.33. The van der Waals surface area contributed by atoms with Gasteiger partial charge in [0.15, 0.2) is 5.78 Å². The minimum Gasteiger partial charge on any atom is -0.355 e. The molecule has 0 aliphatic carbocycles. The van der Waals surface area contributed by atoms with E-state index in [1.54, 1.807) is 35.3 Å². The zero-order valence-electron chi connectivity index (χ0n) is 14.1. The maximum Gasteiger partial charge on any atom is 0.416 e. The standard InChI is InChI=1S/C19H16F3N3O/c1-12(26)13-3-8-17(16(9-13)18-10-25(2)11-23-18)24-15-6-4-14(5-7-15)19(20,21)22/h3-11,24H,1-2H3. The summed E-state index contributed by atoms with van der Waals surface area (Å²) in [5.41, 5.74) is 2.32. The van der Waals surface area contributed by atoms with Crippen LogP contribution in [0.3, 0.4) is 0 Å². The Labute approximate surface area is 148 Å². The van der Waals surface area contributed by atoms with Crippen LogP contribution in [0.5, 0.6) is 0 Å². The second-order valence-electron chi connectivity index (χ2n) is 5.94. The Bertz CT molecular complexity index is 943. The lowest BCUT2D eigenvalue weighted by Gasteiger charge is -2.13. The molecule has 4 nitrogen and oxygen atoms in total. The van der Waals surface area contributed by atoms with Crippen LogP contribution in [0.25, 0.3) is 11.3 Å². The number of anilines is 2. The number of halogens is 3. The highest BCUT2D eigenvalue weighted by molar-refractivity contribution is 5.97. The predicted octanol–water partition coefficient (Wildman–Crippen LogP) is 5.05. The molecule has 3 aromatic rings. The summed E-state index contributed by atoms with van der Waals surface area (Å²) in [6, 6.07) is 9.88. The van der Waals surface area contributed by atoms with Crippen molar-refractivity contribution in [1.29, 1.82) is 0 Å². The number of imidazole rings is 1. The molecule has 0 unspecified atom stereocenters. The molecule has 7 heteroatoms. The Morgan fingerprint density at radius 3 is 2.35 bits per heavy atom. The van der Waals surface area contributed by atoms with E-state index in [9.17, 15) is 18.0 Å². The molecule has 134 valence electrons. The van der Waals surface area contributed by atoms with Gasteiger partial charge in [0.05, 0.1) is 17.6 Å². The highest BCUT2D eigenvalue weighted by Gasteiger charge is 2.29. The van der Waals surface area contributed by atoms with Crippen LogP contribution in [0.1, 0.15) is 22.8 Å².